The van der Waals surface area contributed by atoms with Crippen LogP contribution in [0.25, 0.3) is 0 Å². The van der Waals surface area contributed by atoms with Gasteiger partial charge in [-0.15, -0.1) is 0 Å². The molecule has 2 aromatic heterocycles. The quantitative estimate of drug-likeness (QED) is 0.689. The highest BCUT2D eigenvalue weighted by molar-refractivity contribution is 5.25. The van der Waals surface area contributed by atoms with Gasteiger partial charge in [-0.1, -0.05) is 35.5 Å². The predicted octanol–water partition coefficient (Wildman–Crippen LogP) is 3.93. The van der Waals surface area contributed by atoms with Gasteiger partial charge in [-0.2, -0.15) is 10.1 Å². The highest BCUT2D eigenvalue weighted by Gasteiger charge is 2.46. The van der Waals surface area contributed by atoms with Crippen LogP contribution in [0.4, 0.5) is 0 Å². The topological polar surface area (TPSA) is 60.0 Å². The molecule has 5 rings (SSSR count). The first-order valence-corrected chi connectivity index (χ1v) is 10.3. The van der Waals surface area contributed by atoms with E-state index in [-0.39, 0.29) is 0 Å². The number of rotatable bonds is 4. The average Bonchev–Trinajstić information content (AvgIpc) is 3.46. The zero-order chi connectivity index (χ0) is 19.3. The largest absolute Gasteiger partial charge is 0.337 e. The highest BCUT2D eigenvalue weighted by atomic mass is 16.5. The zero-order valence-electron chi connectivity index (χ0n) is 16.8. The summed E-state index contributed by atoms with van der Waals surface area (Å²) >= 11 is 0. The van der Waals surface area contributed by atoms with Crippen molar-refractivity contribution in [3.05, 3.63) is 64.6 Å². The van der Waals surface area contributed by atoms with Crippen molar-refractivity contribution < 1.29 is 4.52 Å². The van der Waals surface area contributed by atoms with Crippen molar-refractivity contribution >= 4 is 0 Å². The molecule has 2 aliphatic heterocycles. The standard InChI is InChI=1S/C22H27N5O/c1-14-15(2)24-27(16(14)3)13-21-23-22(25-28-21)18-12-20(17-8-5-4-6-9-17)26-11-7-10-19(18)26/h4-6,8-9,18-20H,7,10-13H2,1-3H3/t18-,19+,20-/m0/s1. The molecule has 0 N–H and O–H groups in total. The van der Waals surface area contributed by atoms with Crippen molar-refractivity contribution in [2.75, 3.05) is 6.54 Å². The molecule has 0 aliphatic carbocycles. The molecule has 2 fully saturated rings. The van der Waals surface area contributed by atoms with Gasteiger partial charge in [0.15, 0.2) is 5.82 Å². The number of fused-ring (bicyclic) bond motifs is 1. The maximum atomic E-state index is 5.63. The molecule has 0 bridgehead atoms. The van der Waals surface area contributed by atoms with Crippen LogP contribution in [-0.4, -0.2) is 37.4 Å². The molecular formula is C22H27N5O. The Morgan fingerprint density at radius 3 is 2.71 bits per heavy atom. The van der Waals surface area contributed by atoms with Crippen molar-refractivity contribution in [1.29, 1.82) is 0 Å². The van der Waals surface area contributed by atoms with Gasteiger partial charge in [0, 0.05) is 23.7 Å². The maximum absolute atomic E-state index is 5.63. The number of benzene rings is 1. The second kappa shape index (κ2) is 6.85. The van der Waals surface area contributed by atoms with Gasteiger partial charge in [0.25, 0.3) is 0 Å². The van der Waals surface area contributed by atoms with Crippen molar-refractivity contribution in [3.63, 3.8) is 0 Å². The van der Waals surface area contributed by atoms with E-state index >= 15 is 0 Å². The minimum Gasteiger partial charge on any atom is -0.337 e. The van der Waals surface area contributed by atoms with Gasteiger partial charge >= 0.3 is 0 Å². The Morgan fingerprint density at radius 1 is 1.14 bits per heavy atom. The van der Waals surface area contributed by atoms with Gasteiger partial charge in [-0.05, 0) is 57.7 Å². The summed E-state index contributed by atoms with van der Waals surface area (Å²) in [5, 5.41) is 8.99. The van der Waals surface area contributed by atoms with Gasteiger partial charge < -0.3 is 4.52 Å². The molecule has 146 valence electrons. The first-order chi connectivity index (χ1) is 13.6. The van der Waals surface area contributed by atoms with Crippen LogP contribution < -0.4 is 0 Å². The van der Waals surface area contributed by atoms with E-state index in [0.29, 0.717) is 30.4 Å². The third-order valence-electron chi connectivity index (χ3n) is 6.71. The van der Waals surface area contributed by atoms with Gasteiger partial charge in [-0.25, -0.2) is 0 Å². The van der Waals surface area contributed by atoms with Gasteiger partial charge in [0.2, 0.25) is 5.89 Å². The molecule has 2 saturated heterocycles. The molecule has 6 heteroatoms. The minimum absolute atomic E-state index is 0.340. The minimum atomic E-state index is 0.340. The number of hydrogen-bond acceptors (Lipinski definition) is 5. The molecule has 0 unspecified atom stereocenters. The zero-order valence-corrected chi connectivity index (χ0v) is 16.8. The molecule has 6 nitrogen and oxygen atoms in total. The lowest BCUT2D eigenvalue weighted by atomic mass is 9.94. The second-order valence-corrected chi connectivity index (χ2v) is 8.22. The molecule has 4 heterocycles. The third kappa shape index (κ3) is 2.87. The van der Waals surface area contributed by atoms with Crippen LogP contribution in [-0.2, 0) is 6.54 Å². The van der Waals surface area contributed by atoms with E-state index in [1.54, 1.807) is 0 Å². The number of aromatic nitrogens is 4. The summed E-state index contributed by atoms with van der Waals surface area (Å²) in [6.07, 6.45) is 3.53. The summed E-state index contributed by atoms with van der Waals surface area (Å²) in [6, 6.07) is 11.8. The Bertz CT molecular complexity index is 976. The lowest BCUT2D eigenvalue weighted by Crippen LogP contribution is -2.27. The highest BCUT2D eigenvalue weighted by Crippen LogP contribution is 2.48. The fourth-order valence-electron chi connectivity index (χ4n) is 5.00. The van der Waals surface area contributed by atoms with Crippen LogP contribution in [0.2, 0.25) is 0 Å². The van der Waals surface area contributed by atoms with E-state index < -0.39 is 0 Å². The SMILES string of the molecule is Cc1nn(Cc2nc([C@H]3C[C@@H](c4ccccc4)N4CCC[C@H]34)no2)c(C)c1C. The molecule has 0 spiro atoms. The molecule has 28 heavy (non-hydrogen) atoms. The lowest BCUT2D eigenvalue weighted by Gasteiger charge is -2.24. The Hall–Kier alpha value is -2.47. The molecule has 1 aromatic carbocycles. The number of hydrogen-bond donors (Lipinski definition) is 0. The van der Waals surface area contributed by atoms with Gasteiger partial charge in [0.05, 0.1) is 5.69 Å². The summed E-state index contributed by atoms with van der Waals surface area (Å²) in [6.45, 7) is 7.93. The van der Waals surface area contributed by atoms with Gasteiger partial charge in [0.1, 0.15) is 6.54 Å². The Balaban J connectivity index is 1.38. The van der Waals surface area contributed by atoms with Crippen molar-refractivity contribution in [3.8, 4) is 0 Å². The van der Waals surface area contributed by atoms with E-state index in [4.69, 9.17) is 9.51 Å². The first-order valence-electron chi connectivity index (χ1n) is 10.3. The van der Waals surface area contributed by atoms with E-state index in [9.17, 15) is 0 Å². The number of nitrogens with zero attached hydrogens (tertiary/aromatic N) is 5. The van der Waals surface area contributed by atoms with E-state index in [1.807, 2.05) is 11.6 Å². The van der Waals surface area contributed by atoms with Gasteiger partial charge in [-0.3, -0.25) is 9.58 Å². The molecule has 0 amide bonds. The monoisotopic (exact) mass is 377 g/mol. The predicted molar refractivity (Wildman–Crippen MR) is 106 cm³/mol. The lowest BCUT2D eigenvalue weighted by molar-refractivity contribution is 0.243. The first kappa shape index (κ1) is 17.6. The second-order valence-electron chi connectivity index (χ2n) is 8.22. The van der Waals surface area contributed by atoms with Crippen LogP contribution >= 0.6 is 0 Å². The van der Waals surface area contributed by atoms with Crippen LogP contribution in [0.15, 0.2) is 34.9 Å². The normalized spacial score (nSPS) is 24.8. The van der Waals surface area contributed by atoms with Crippen molar-refractivity contribution in [1.82, 2.24) is 24.8 Å². The Labute approximate surface area is 165 Å². The van der Waals surface area contributed by atoms with Crippen molar-refractivity contribution in [2.45, 2.75) is 64.6 Å². The summed E-state index contributed by atoms with van der Waals surface area (Å²) < 4.78 is 7.60. The Morgan fingerprint density at radius 2 is 1.96 bits per heavy atom. The van der Waals surface area contributed by atoms with E-state index in [1.165, 1.54) is 24.0 Å². The fourth-order valence-corrected chi connectivity index (χ4v) is 5.00. The smallest absolute Gasteiger partial charge is 0.248 e. The molecule has 3 atom stereocenters. The number of aryl methyl sites for hydroxylation is 1. The van der Waals surface area contributed by atoms with Crippen LogP contribution in [0.3, 0.4) is 0 Å². The molecule has 2 aliphatic rings. The van der Waals surface area contributed by atoms with Crippen LogP contribution in [0.1, 0.15) is 65.5 Å². The molecular weight excluding hydrogens is 350 g/mol. The summed E-state index contributed by atoms with van der Waals surface area (Å²) in [7, 11) is 0. The summed E-state index contributed by atoms with van der Waals surface area (Å²) in [5.41, 5.74) is 4.84. The van der Waals surface area contributed by atoms with Crippen molar-refractivity contribution in [2.24, 2.45) is 0 Å². The molecule has 0 saturated carbocycles. The fraction of sp³-hybridized carbons (Fsp3) is 0.500. The van der Waals surface area contributed by atoms with Crippen LogP contribution in [0.5, 0.6) is 0 Å². The van der Waals surface area contributed by atoms with Crippen LogP contribution in [0, 0.1) is 20.8 Å². The Kier molecular flexibility index (Phi) is 4.31. The van der Waals surface area contributed by atoms with E-state index in [0.717, 1.165) is 30.2 Å². The molecule has 3 aromatic rings. The average molecular weight is 377 g/mol. The molecule has 0 radical (unpaired) electrons. The maximum Gasteiger partial charge on any atom is 0.248 e. The third-order valence-corrected chi connectivity index (χ3v) is 6.71. The summed E-state index contributed by atoms with van der Waals surface area (Å²) in [4.78, 5) is 7.44. The van der Waals surface area contributed by atoms with E-state index in [2.05, 4.69) is 59.3 Å². The summed E-state index contributed by atoms with van der Waals surface area (Å²) in [5.74, 6) is 1.85.